The highest BCUT2D eigenvalue weighted by molar-refractivity contribution is 7.20. The van der Waals surface area contributed by atoms with Gasteiger partial charge in [0.05, 0.1) is 34.0 Å². The molecule has 0 saturated heterocycles. The quantitative estimate of drug-likeness (QED) is 0.539. The van der Waals surface area contributed by atoms with Gasteiger partial charge in [-0.3, -0.25) is 9.59 Å². The van der Waals surface area contributed by atoms with Crippen molar-refractivity contribution in [3.63, 3.8) is 0 Å². The second-order valence-electron chi connectivity index (χ2n) is 6.43. The largest absolute Gasteiger partial charge is 0.351 e. The zero-order valence-electron chi connectivity index (χ0n) is 15.1. The van der Waals surface area contributed by atoms with E-state index in [0.29, 0.717) is 27.2 Å². The summed E-state index contributed by atoms with van der Waals surface area (Å²) in [6.07, 6.45) is 4.10. The van der Waals surface area contributed by atoms with E-state index >= 15 is 0 Å². The van der Waals surface area contributed by atoms with Crippen molar-refractivity contribution in [3.05, 3.63) is 57.7 Å². The van der Waals surface area contributed by atoms with Crippen LogP contribution in [0.5, 0.6) is 0 Å². The van der Waals surface area contributed by atoms with E-state index in [1.807, 2.05) is 30.6 Å². The summed E-state index contributed by atoms with van der Waals surface area (Å²) < 4.78 is 3.51. The molecule has 7 nitrogen and oxygen atoms in total. The molecule has 0 atom stereocenters. The Balaban J connectivity index is 1.43. The highest BCUT2D eigenvalue weighted by Crippen LogP contribution is 2.26. The second-order valence-corrected chi connectivity index (χ2v) is 7.43. The lowest BCUT2D eigenvalue weighted by atomic mass is 10.2. The smallest absolute Gasteiger partial charge is 0.262 e. The molecule has 0 fully saturated rings. The van der Waals surface area contributed by atoms with Gasteiger partial charge in [0.15, 0.2) is 0 Å². The highest BCUT2D eigenvalue weighted by atomic mass is 32.1. The van der Waals surface area contributed by atoms with Crippen LogP contribution in [0.1, 0.15) is 21.7 Å². The number of hydrogen-bond acceptors (Lipinski definition) is 5. The average molecular weight is 381 g/mol. The van der Waals surface area contributed by atoms with Gasteiger partial charge in [0.25, 0.3) is 11.5 Å². The molecule has 0 aliphatic rings. The Morgan fingerprint density at radius 2 is 2.04 bits per heavy atom. The summed E-state index contributed by atoms with van der Waals surface area (Å²) in [4.78, 5) is 34.6. The minimum Gasteiger partial charge on any atom is -0.351 e. The fraction of sp³-hybridized carbons (Fsp3) is 0.263. The Bertz CT molecular complexity index is 1200. The summed E-state index contributed by atoms with van der Waals surface area (Å²) in [5.41, 5.74) is 2.63. The van der Waals surface area contributed by atoms with E-state index in [2.05, 4.69) is 19.9 Å². The first-order valence-electron chi connectivity index (χ1n) is 8.69. The topological polar surface area (TPSA) is 81.8 Å². The Morgan fingerprint density at radius 3 is 2.89 bits per heavy atom. The lowest BCUT2D eigenvalue weighted by molar-refractivity contribution is 0.0956. The van der Waals surface area contributed by atoms with Crippen LogP contribution < -0.4 is 10.9 Å². The molecule has 1 aromatic carbocycles. The van der Waals surface area contributed by atoms with Gasteiger partial charge in [-0.1, -0.05) is 12.1 Å². The molecule has 27 heavy (non-hydrogen) atoms. The van der Waals surface area contributed by atoms with Crippen molar-refractivity contribution in [1.29, 1.82) is 0 Å². The second kappa shape index (κ2) is 6.96. The van der Waals surface area contributed by atoms with Gasteiger partial charge in [-0.25, -0.2) is 9.97 Å². The molecule has 138 valence electrons. The van der Waals surface area contributed by atoms with E-state index in [1.54, 1.807) is 14.0 Å². The number of thiophene rings is 1. The number of aryl methyl sites for hydroxylation is 3. The Hall–Kier alpha value is -3.00. The van der Waals surface area contributed by atoms with Gasteiger partial charge < -0.3 is 14.5 Å². The molecule has 0 radical (unpaired) electrons. The lowest BCUT2D eigenvalue weighted by Crippen LogP contribution is -2.25. The molecule has 0 saturated carbocycles. The average Bonchev–Trinajstić information content (AvgIpc) is 3.23. The number of para-hydroxylation sites is 2. The first-order chi connectivity index (χ1) is 13.1. The predicted molar refractivity (Wildman–Crippen MR) is 106 cm³/mol. The van der Waals surface area contributed by atoms with E-state index in [9.17, 15) is 9.59 Å². The van der Waals surface area contributed by atoms with Crippen LogP contribution >= 0.6 is 11.3 Å². The highest BCUT2D eigenvalue weighted by Gasteiger charge is 2.18. The van der Waals surface area contributed by atoms with Crippen molar-refractivity contribution < 1.29 is 4.79 Å². The van der Waals surface area contributed by atoms with E-state index in [4.69, 9.17) is 0 Å². The number of nitrogens with one attached hydrogen (secondary N) is 1. The first kappa shape index (κ1) is 17.4. The van der Waals surface area contributed by atoms with Crippen molar-refractivity contribution in [3.8, 4) is 0 Å². The van der Waals surface area contributed by atoms with E-state index in [1.165, 1.54) is 22.2 Å². The molecule has 8 heteroatoms. The molecule has 3 heterocycles. The standard InChI is InChI=1S/C19H19N5O2S/c1-12-15-18(22-10-23(2)19(15)26)27-16(12)17(25)20-8-5-9-24-11-21-13-6-3-4-7-14(13)24/h3-4,6-7,10-11H,5,8-9H2,1-2H3,(H,20,25). The zero-order valence-corrected chi connectivity index (χ0v) is 15.9. The maximum atomic E-state index is 12.5. The number of fused-ring (bicyclic) bond motifs is 2. The minimum absolute atomic E-state index is 0.125. The lowest BCUT2D eigenvalue weighted by Gasteiger charge is -2.06. The number of benzene rings is 1. The summed E-state index contributed by atoms with van der Waals surface area (Å²) >= 11 is 1.26. The van der Waals surface area contributed by atoms with E-state index in [-0.39, 0.29) is 11.5 Å². The summed E-state index contributed by atoms with van der Waals surface area (Å²) in [6.45, 7) is 3.12. The number of carbonyl (C=O) groups is 1. The van der Waals surface area contributed by atoms with Crippen LogP contribution in [0.3, 0.4) is 0 Å². The minimum atomic E-state index is -0.159. The molecule has 4 aromatic rings. The van der Waals surface area contributed by atoms with Crippen molar-refractivity contribution in [2.75, 3.05) is 6.54 Å². The third-order valence-corrected chi connectivity index (χ3v) is 5.80. The van der Waals surface area contributed by atoms with Gasteiger partial charge in [0.1, 0.15) is 4.83 Å². The monoisotopic (exact) mass is 381 g/mol. The molecule has 0 aliphatic heterocycles. The van der Waals surface area contributed by atoms with Crippen LogP contribution in [0.25, 0.3) is 21.3 Å². The molecule has 1 amide bonds. The van der Waals surface area contributed by atoms with Gasteiger partial charge in [-0.2, -0.15) is 0 Å². The molecule has 4 rings (SSSR count). The fourth-order valence-corrected chi connectivity index (χ4v) is 4.20. The van der Waals surface area contributed by atoms with Crippen LogP contribution in [-0.4, -0.2) is 31.6 Å². The van der Waals surface area contributed by atoms with Gasteiger partial charge in [0, 0.05) is 20.1 Å². The number of imidazole rings is 1. The SMILES string of the molecule is Cc1c(C(=O)NCCCn2cnc3ccccc32)sc2ncn(C)c(=O)c12. The van der Waals surface area contributed by atoms with Gasteiger partial charge in [-0.15, -0.1) is 11.3 Å². The van der Waals surface area contributed by atoms with Crippen molar-refractivity contribution in [2.24, 2.45) is 7.05 Å². The molecular weight excluding hydrogens is 362 g/mol. The third-order valence-electron chi connectivity index (χ3n) is 4.61. The molecule has 3 aromatic heterocycles. The molecule has 0 unspecified atom stereocenters. The number of rotatable bonds is 5. The third kappa shape index (κ3) is 3.12. The van der Waals surface area contributed by atoms with E-state index in [0.717, 1.165) is 24.0 Å². The maximum absolute atomic E-state index is 12.5. The fourth-order valence-electron chi connectivity index (χ4n) is 3.15. The van der Waals surface area contributed by atoms with Crippen LogP contribution in [0.15, 0.2) is 41.7 Å². The summed E-state index contributed by atoms with van der Waals surface area (Å²) in [5.74, 6) is -0.159. The molecular formula is C19H19N5O2S. The first-order valence-corrected chi connectivity index (χ1v) is 9.50. The molecule has 0 spiro atoms. The van der Waals surface area contributed by atoms with Crippen molar-refractivity contribution >= 4 is 38.5 Å². The summed E-state index contributed by atoms with van der Waals surface area (Å²) in [6, 6.07) is 7.98. The van der Waals surface area contributed by atoms with Crippen molar-refractivity contribution in [1.82, 2.24) is 24.4 Å². The maximum Gasteiger partial charge on any atom is 0.262 e. The Morgan fingerprint density at radius 1 is 1.22 bits per heavy atom. The number of nitrogens with zero attached hydrogens (tertiary/aromatic N) is 4. The van der Waals surface area contributed by atoms with E-state index < -0.39 is 0 Å². The normalized spacial score (nSPS) is 11.3. The van der Waals surface area contributed by atoms with Crippen LogP contribution in [0.4, 0.5) is 0 Å². The van der Waals surface area contributed by atoms with Gasteiger partial charge in [-0.05, 0) is 31.0 Å². The summed E-state index contributed by atoms with van der Waals surface area (Å²) in [5, 5.41) is 3.47. The molecule has 1 N–H and O–H groups in total. The summed E-state index contributed by atoms with van der Waals surface area (Å²) in [7, 11) is 1.66. The predicted octanol–water partition coefficient (Wildman–Crippen LogP) is 2.47. The van der Waals surface area contributed by atoms with Crippen LogP contribution in [-0.2, 0) is 13.6 Å². The number of hydrogen-bond donors (Lipinski definition) is 1. The van der Waals surface area contributed by atoms with Crippen LogP contribution in [0.2, 0.25) is 0 Å². The van der Waals surface area contributed by atoms with Gasteiger partial charge >= 0.3 is 0 Å². The number of aromatic nitrogens is 4. The molecule has 0 bridgehead atoms. The Labute approximate surface area is 159 Å². The molecule has 0 aliphatic carbocycles. The van der Waals surface area contributed by atoms with Crippen molar-refractivity contribution in [2.45, 2.75) is 19.9 Å². The Kier molecular flexibility index (Phi) is 4.49. The number of carbonyl (C=O) groups excluding carboxylic acids is 1. The van der Waals surface area contributed by atoms with Gasteiger partial charge in [0.2, 0.25) is 0 Å². The van der Waals surface area contributed by atoms with Crippen LogP contribution in [0, 0.1) is 6.92 Å². The zero-order chi connectivity index (χ0) is 19.0. The number of amides is 1.